The lowest BCUT2D eigenvalue weighted by Gasteiger charge is -2.16. The zero-order valence-corrected chi connectivity index (χ0v) is 13.8. The van der Waals surface area contributed by atoms with Crippen molar-refractivity contribution in [3.8, 4) is 0 Å². The van der Waals surface area contributed by atoms with E-state index in [0.717, 1.165) is 19.1 Å². The maximum atomic E-state index is 9.00. The molecule has 108 valence electrons. The van der Waals surface area contributed by atoms with Crippen LogP contribution in [0.2, 0.25) is 0 Å². The molecule has 0 aromatic heterocycles. The summed E-state index contributed by atoms with van der Waals surface area (Å²) in [5.74, 6) is 0.100. The van der Waals surface area contributed by atoms with Crippen molar-refractivity contribution in [1.82, 2.24) is 0 Å². The molecule has 0 unspecified atom stereocenters. The van der Waals surface area contributed by atoms with Gasteiger partial charge in [-0.15, -0.1) is 0 Å². The van der Waals surface area contributed by atoms with Crippen LogP contribution in [0.4, 0.5) is 0 Å². The Bertz CT molecular complexity index is 399. The van der Waals surface area contributed by atoms with Crippen molar-refractivity contribution in [1.29, 1.82) is 0 Å². The summed E-state index contributed by atoms with van der Waals surface area (Å²) in [5, 5.41) is 7.42. The van der Waals surface area contributed by atoms with Crippen LogP contribution < -0.4 is 0 Å². The van der Waals surface area contributed by atoms with Gasteiger partial charge in [0.2, 0.25) is 5.69 Å². The smallest absolute Gasteiger partial charge is 0.300 e. The highest BCUT2D eigenvalue weighted by atomic mass is 32.9. The summed E-state index contributed by atoms with van der Waals surface area (Å²) in [6.45, 7) is 1.08. The van der Waals surface area contributed by atoms with Crippen LogP contribution in [0.5, 0.6) is 0 Å². The Labute approximate surface area is 123 Å². The largest absolute Gasteiger partial charge is 0.481 e. The molecule has 1 N–H and O–H groups in total. The molecule has 0 saturated heterocycles. The second kappa shape index (κ2) is 10.4. The standard InChI is InChI=1S/C10H15O2PS2.C2H4O2/c1-11-13(14,12-2)15-9-8-10-6-4-3-5-7-10;1-2(3)4/h3-7H,8-9H2,1-2H3;1H3,(H,3,4). The molecule has 0 aliphatic heterocycles. The van der Waals surface area contributed by atoms with E-state index in [0.29, 0.717) is 0 Å². The van der Waals surface area contributed by atoms with Crippen LogP contribution in [0.15, 0.2) is 30.3 Å². The molecule has 0 radical (unpaired) electrons. The van der Waals surface area contributed by atoms with E-state index in [1.165, 1.54) is 5.56 Å². The van der Waals surface area contributed by atoms with Crippen molar-refractivity contribution >= 4 is 34.9 Å². The van der Waals surface area contributed by atoms with Gasteiger partial charge in [-0.2, -0.15) is 0 Å². The number of rotatable bonds is 6. The molecule has 0 bridgehead atoms. The lowest BCUT2D eigenvalue weighted by molar-refractivity contribution is -0.134. The fourth-order valence-corrected chi connectivity index (χ4v) is 4.26. The van der Waals surface area contributed by atoms with Crippen LogP contribution in [-0.4, -0.2) is 31.0 Å². The Morgan fingerprint density at radius 2 is 1.79 bits per heavy atom. The normalized spacial score (nSPS) is 10.5. The SMILES string of the molecule is CC(=O)O.COP(=S)(OC)SCCc1ccccc1. The minimum Gasteiger partial charge on any atom is -0.481 e. The zero-order chi connectivity index (χ0) is 14.7. The highest BCUT2D eigenvalue weighted by Gasteiger charge is 2.15. The summed E-state index contributed by atoms with van der Waals surface area (Å²) in [5.41, 5.74) is -0.750. The Morgan fingerprint density at radius 3 is 2.21 bits per heavy atom. The molecule has 0 saturated carbocycles. The summed E-state index contributed by atoms with van der Waals surface area (Å²) in [7, 11) is 3.22. The van der Waals surface area contributed by atoms with Gasteiger partial charge < -0.3 is 14.2 Å². The third-order valence-electron chi connectivity index (χ3n) is 1.93. The van der Waals surface area contributed by atoms with Crippen molar-refractivity contribution < 1.29 is 18.9 Å². The molecule has 1 aromatic carbocycles. The van der Waals surface area contributed by atoms with E-state index in [1.54, 1.807) is 25.6 Å². The maximum absolute atomic E-state index is 9.00. The van der Waals surface area contributed by atoms with Crippen LogP contribution in [0, 0.1) is 0 Å². The van der Waals surface area contributed by atoms with Gasteiger partial charge in [0, 0.05) is 26.9 Å². The quantitative estimate of drug-likeness (QED) is 0.808. The van der Waals surface area contributed by atoms with Gasteiger partial charge in [0.25, 0.3) is 5.97 Å². The maximum Gasteiger partial charge on any atom is 0.300 e. The number of aryl methyl sites for hydroxylation is 1. The molecule has 1 rings (SSSR count). The van der Waals surface area contributed by atoms with E-state index >= 15 is 0 Å². The first-order chi connectivity index (χ1) is 8.93. The van der Waals surface area contributed by atoms with Gasteiger partial charge in [-0.05, 0) is 23.8 Å². The lowest BCUT2D eigenvalue weighted by atomic mass is 10.2. The van der Waals surface area contributed by atoms with Crippen LogP contribution >= 0.6 is 17.1 Å². The van der Waals surface area contributed by atoms with Gasteiger partial charge in [0.1, 0.15) is 0 Å². The average Bonchev–Trinajstić information content (AvgIpc) is 2.39. The number of aliphatic carboxylic acids is 1. The monoisotopic (exact) mass is 322 g/mol. The predicted octanol–water partition coefficient (Wildman–Crippen LogP) is 3.57. The minimum absolute atomic E-state index is 0.833. The zero-order valence-electron chi connectivity index (χ0n) is 11.2. The fourth-order valence-electron chi connectivity index (χ4n) is 1.10. The first kappa shape index (κ1) is 18.6. The first-order valence-corrected chi connectivity index (χ1v) is 9.76. The molecule has 0 fully saturated rings. The molecule has 0 spiro atoms. The minimum atomic E-state index is -2.07. The van der Waals surface area contributed by atoms with Gasteiger partial charge in [0.15, 0.2) is 0 Å². The fraction of sp³-hybridized carbons (Fsp3) is 0.417. The number of hydrogen-bond acceptors (Lipinski definition) is 5. The average molecular weight is 322 g/mol. The molecule has 0 aliphatic carbocycles. The number of benzene rings is 1. The lowest BCUT2D eigenvalue weighted by Crippen LogP contribution is -1.90. The molecule has 7 heteroatoms. The van der Waals surface area contributed by atoms with E-state index in [-0.39, 0.29) is 0 Å². The van der Waals surface area contributed by atoms with Gasteiger partial charge in [-0.1, -0.05) is 41.7 Å². The first-order valence-electron chi connectivity index (χ1n) is 5.53. The highest BCUT2D eigenvalue weighted by Crippen LogP contribution is 2.59. The summed E-state index contributed by atoms with van der Waals surface area (Å²) >= 11 is 6.85. The molecule has 19 heavy (non-hydrogen) atoms. The summed E-state index contributed by atoms with van der Waals surface area (Å²) in [6, 6.07) is 10.3. The summed E-state index contributed by atoms with van der Waals surface area (Å²) < 4.78 is 10.4. The molecule has 4 nitrogen and oxygen atoms in total. The second-order valence-electron chi connectivity index (χ2n) is 3.40. The van der Waals surface area contributed by atoms with Crippen molar-refractivity contribution in [3.05, 3.63) is 35.9 Å². The van der Waals surface area contributed by atoms with Crippen molar-refractivity contribution in [2.75, 3.05) is 20.0 Å². The molecule has 1 aromatic rings. The Hall–Kier alpha value is -0.390. The van der Waals surface area contributed by atoms with Crippen LogP contribution in [0.25, 0.3) is 0 Å². The third kappa shape index (κ3) is 10.1. The molecular weight excluding hydrogens is 303 g/mol. The Balaban J connectivity index is 0.000000711. The molecule has 0 amide bonds. The highest BCUT2D eigenvalue weighted by molar-refractivity contribution is 8.67. The van der Waals surface area contributed by atoms with Crippen LogP contribution in [0.3, 0.4) is 0 Å². The van der Waals surface area contributed by atoms with E-state index in [1.807, 2.05) is 18.2 Å². The Morgan fingerprint density at radius 1 is 1.32 bits per heavy atom. The summed E-state index contributed by atoms with van der Waals surface area (Å²) in [6.07, 6.45) is 0.997. The van der Waals surface area contributed by atoms with Crippen LogP contribution in [-0.2, 0) is 32.1 Å². The number of carbonyl (C=O) groups is 1. The van der Waals surface area contributed by atoms with Crippen molar-refractivity contribution in [2.45, 2.75) is 13.3 Å². The molecule has 0 aliphatic rings. The van der Waals surface area contributed by atoms with E-state index < -0.39 is 11.7 Å². The number of hydrogen-bond donors (Lipinski definition) is 1. The van der Waals surface area contributed by atoms with Gasteiger partial charge in [0.05, 0.1) is 0 Å². The van der Waals surface area contributed by atoms with Gasteiger partial charge >= 0.3 is 0 Å². The molecule has 0 atom stereocenters. The van der Waals surface area contributed by atoms with Gasteiger partial charge in [-0.3, -0.25) is 4.79 Å². The van der Waals surface area contributed by atoms with E-state index in [2.05, 4.69) is 12.1 Å². The Kier molecular flexibility index (Phi) is 10.2. The van der Waals surface area contributed by atoms with Crippen molar-refractivity contribution in [3.63, 3.8) is 0 Å². The molecular formula is C12H19O4PS2. The topological polar surface area (TPSA) is 55.8 Å². The number of carboxylic acid groups (broad SMARTS) is 1. The van der Waals surface area contributed by atoms with Gasteiger partial charge in [-0.25, -0.2) is 0 Å². The molecule has 0 heterocycles. The second-order valence-corrected chi connectivity index (χ2v) is 10.0. The van der Waals surface area contributed by atoms with E-state index in [4.69, 9.17) is 30.8 Å². The van der Waals surface area contributed by atoms with Crippen LogP contribution in [0.1, 0.15) is 12.5 Å². The summed E-state index contributed by atoms with van der Waals surface area (Å²) in [4.78, 5) is 9.00. The number of carboxylic acids is 1. The third-order valence-corrected chi connectivity index (χ3v) is 7.76. The van der Waals surface area contributed by atoms with Crippen molar-refractivity contribution in [2.24, 2.45) is 0 Å². The van der Waals surface area contributed by atoms with E-state index in [9.17, 15) is 0 Å². The predicted molar refractivity (Wildman–Crippen MR) is 84.2 cm³/mol.